The van der Waals surface area contributed by atoms with Gasteiger partial charge in [0.15, 0.2) is 16.7 Å². The lowest BCUT2D eigenvalue weighted by Crippen LogP contribution is -2.42. The highest BCUT2D eigenvalue weighted by atomic mass is 32.2. The van der Waals surface area contributed by atoms with Crippen LogP contribution in [0.1, 0.15) is 17.5 Å². The number of amides is 3. The largest absolute Gasteiger partial charge is 0.454 e. The molecule has 1 unspecified atom stereocenters. The number of aliphatic imine (C=N–C) groups is 2. The lowest BCUT2D eigenvalue weighted by Gasteiger charge is -2.25. The van der Waals surface area contributed by atoms with Crippen molar-refractivity contribution in [1.82, 2.24) is 10.2 Å². The predicted octanol–water partition coefficient (Wildman–Crippen LogP) is 1.30. The molecule has 1 atom stereocenters. The summed E-state index contributed by atoms with van der Waals surface area (Å²) >= 11 is 1.06. The first-order valence-electron chi connectivity index (χ1n) is 10.2. The molecule has 0 aromatic heterocycles. The van der Waals surface area contributed by atoms with Gasteiger partial charge < -0.3 is 20.5 Å². The summed E-state index contributed by atoms with van der Waals surface area (Å²) in [5.41, 5.74) is 7.44. The smallest absolute Gasteiger partial charge is 0.259 e. The van der Waals surface area contributed by atoms with Gasteiger partial charge in [-0.15, -0.1) is 0 Å². The highest BCUT2D eigenvalue weighted by molar-refractivity contribution is 8.14. The summed E-state index contributed by atoms with van der Waals surface area (Å²) in [6, 6.07) is 11.8. The van der Waals surface area contributed by atoms with E-state index in [0.717, 1.165) is 17.3 Å². The Morgan fingerprint density at radius 2 is 2.00 bits per heavy atom. The molecule has 10 nitrogen and oxygen atoms in total. The zero-order chi connectivity index (χ0) is 22.9. The Labute approximate surface area is 192 Å². The van der Waals surface area contributed by atoms with Crippen LogP contribution in [-0.4, -0.2) is 52.2 Å². The summed E-state index contributed by atoms with van der Waals surface area (Å²) in [5, 5.41) is 3.14. The van der Waals surface area contributed by atoms with Crippen LogP contribution in [0.5, 0.6) is 11.5 Å². The normalized spacial score (nSPS) is 17.8. The third-order valence-corrected chi connectivity index (χ3v) is 6.16. The number of primary amides is 1. The van der Waals surface area contributed by atoms with Crippen LogP contribution in [0.15, 0.2) is 52.4 Å². The van der Waals surface area contributed by atoms with E-state index in [1.165, 1.54) is 4.90 Å². The number of carbonyl (C=O) groups is 3. The first kappa shape index (κ1) is 21.0. The SMILES string of the molecule is NC(=O)CSC1=Nc2ccccc2C2=NC(CC(=O)NCc3ccc4c(c3)OCO4)C(=O)N12. The van der Waals surface area contributed by atoms with Gasteiger partial charge in [-0.2, -0.15) is 0 Å². The molecule has 168 valence electrons. The van der Waals surface area contributed by atoms with E-state index < -0.39 is 11.9 Å². The number of nitrogens with two attached hydrogens (primary N) is 1. The fourth-order valence-corrected chi connectivity index (χ4v) is 4.41. The molecule has 5 rings (SSSR count). The van der Waals surface area contributed by atoms with Crippen molar-refractivity contribution in [3.05, 3.63) is 53.6 Å². The van der Waals surface area contributed by atoms with Crippen molar-refractivity contribution in [3.63, 3.8) is 0 Å². The maximum atomic E-state index is 13.1. The van der Waals surface area contributed by atoms with Crippen LogP contribution in [0.25, 0.3) is 0 Å². The number of hydrogen-bond acceptors (Lipinski definition) is 8. The van der Waals surface area contributed by atoms with Crippen LogP contribution in [0.3, 0.4) is 0 Å². The van der Waals surface area contributed by atoms with Crippen LogP contribution < -0.4 is 20.5 Å². The molecule has 3 heterocycles. The second-order valence-electron chi connectivity index (χ2n) is 7.48. The summed E-state index contributed by atoms with van der Waals surface area (Å²) in [5.74, 6) is 0.493. The Balaban J connectivity index is 1.29. The number of nitrogens with one attached hydrogen (secondary N) is 1. The Bertz CT molecular complexity index is 1230. The van der Waals surface area contributed by atoms with Crippen molar-refractivity contribution in [3.8, 4) is 11.5 Å². The van der Waals surface area contributed by atoms with Crippen molar-refractivity contribution in [2.24, 2.45) is 15.7 Å². The molecule has 3 aliphatic rings. The first-order valence-corrected chi connectivity index (χ1v) is 11.1. The molecule has 2 aromatic carbocycles. The first-order chi connectivity index (χ1) is 16.0. The quantitative estimate of drug-likeness (QED) is 0.660. The predicted molar refractivity (Wildman–Crippen MR) is 121 cm³/mol. The lowest BCUT2D eigenvalue weighted by atomic mass is 10.1. The average Bonchev–Trinajstić information content (AvgIpc) is 3.40. The standard InChI is InChI=1S/C22H19N5O5S/c23-18(28)10-33-22-26-14-4-2-1-3-13(14)20-25-15(21(30)27(20)22)8-19(29)24-9-12-5-6-16-17(7-12)32-11-31-16/h1-7,15H,8-11H2,(H2,23,28)(H,24,29). The molecule has 0 spiro atoms. The Morgan fingerprint density at radius 3 is 2.85 bits per heavy atom. The second-order valence-corrected chi connectivity index (χ2v) is 8.42. The van der Waals surface area contributed by atoms with Crippen molar-refractivity contribution in [1.29, 1.82) is 0 Å². The molecular formula is C22H19N5O5S. The number of rotatable bonds is 6. The molecule has 0 aliphatic carbocycles. The molecule has 3 N–H and O–H groups in total. The van der Waals surface area contributed by atoms with Gasteiger partial charge in [0.1, 0.15) is 11.9 Å². The highest BCUT2D eigenvalue weighted by Crippen LogP contribution is 2.34. The summed E-state index contributed by atoms with van der Waals surface area (Å²) < 4.78 is 10.6. The van der Waals surface area contributed by atoms with E-state index in [4.69, 9.17) is 15.2 Å². The van der Waals surface area contributed by atoms with Gasteiger partial charge in [0.25, 0.3) is 5.91 Å². The number of thioether (sulfide) groups is 1. The third-order valence-electron chi connectivity index (χ3n) is 5.20. The zero-order valence-corrected chi connectivity index (χ0v) is 18.1. The average molecular weight is 465 g/mol. The fourth-order valence-electron chi connectivity index (χ4n) is 3.67. The monoisotopic (exact) mass is 465 g/mol. The summed E-state index contributed by atoms with van der Waals surface area (Å²) in [4.78, 5) is 47.4. The van der Waals surface area contributed by atoms with Gasteiger partial charge in [0, 0.05) is 12.1 Å². The van der Waals surface area contributed by atoms with Crippen LogP contribution in [0.4, 0.5) is 5.69 Å². The number of para-hydroxylation sites is 1. The van der Waals surface area contributed by atoms with E-state index in [1.54, 1.807) is 18.2 Å². The number of hydrogen-bond donors (Lipinski definition) is 2. The van der Waals surface area contributed by atoms with E-state index in [9.17, 15) is 14.4 Å². The maximum absolute atomic E-state index is 13.1. The number of carbonyl (C=O) groups excluding carboxylic acids is 3. The topological polar surface area (TPSA) is 136 Å². The molecule has 0 bridgehead atoms. The van der Waals surface area contributed by atoms with Gasteiger partial charge in [-0.1, -0.05) is 30.0 Å². The van der Waals surface area contributed by atoms with Gasteiger partial charge >= 0.3 is 0 Å². The Hall–Kier alpha value is -3.86. The summed E-state index contributed by atoms with van der Waals surface area (Å²) in [7, 11) is 0. The van der Waals surface area contributed by atoms with Crippen LogP contribution >= 0.6 is 11.8 Å². The molecule has 2 aromatic rings. The molecule has 3 aliphatic heterocycles. The molecule has 0 saturated carbocycles. The van der Waals surface area contributed by atoms with Crippen LogP contribution in [-0.2, 0) is 20.9 Å². The van der Waals surface area contributed by atoms with Gasteiger partial charge in [0.2, 0.25) is 18.6 Å². The second kappa shape index (κ2) is 8.58. The van der Waals surface area contributed by atoms with Crippen LogP contribution in [0.2, 0.25) is 0 Å². The minimum absolute atomic E-state index is 0.0290. The Morgan fingerprint density at radius 1 is 1.18 bits per heavy atom. The van der Waals surface area contributed by atoms with Gasteiger partial charge in [-0.3, -0.25) is 19.4 Å². The minimum atomic E-state index is -0.887. The number of fused-ring (bicyclic) bond motifs is 4. The van der Waals surface area contributed by atoms with Crippen molar-refractivity contribution in [2.75, 3.05) is 12.5 Å². The van der Waals surface area contributed by atoms with Gasteiger partial charge in [-0.25, -0.2) is 9.89 Å². The summed E-state index contributed by atoms with van der Waals surface area (Å²) in [6.45, 7) is 0.457. The van der Waals surface area contributed by atoms with Crippen LogP contribution in [0, 0.1) is 0 Å². The van der Waals surface area contributed by atoms with Gasteiger partial charge in [0.05, 0.1) is 17.9 Å². The molecule has 11 heteroatoms. The van der Waals surface area contributed by atoms with E-state index in [2.05, 4.69) is 15.3 Å². The van der Waals surface area contributed by atoms with E-state index in [1.807, 2.05) is 24.3 Å². The summed E-state index contributed by atoms with van der Waals surface area (Å²) in [6.07, 6.45) is -0.112. The van der Waals surface area contributed by atoms with Crippen molar-refractivity contribution in [2.45, 2.75) is 19.0 Å². The molecule has 0 saturated heterocycles. The zero-order valence-electron chi connectivity index (χ0n) is 17.3. The van der Waals surface area contributed by atoms with Crippen molar-refractivity contribution >= 4 is 46.2 Å². The number of benzene rings is 2. The maximum Gasteiger partial charge on any atom is 0.259 e. The molecule has 0 radical (unpaired) electrons. The van der Waals surface area contributed by atoms with Gasteiger partial charge in [-0.05, 0) is 29.8 Å². The Kier molecular flexibility index (Phi) is 5.47. The number of nitrogens with zero attached hydrogens (tertiary/aromatic N) is 3. The number of amidine groups is 2. The molecule has 3 amide bonds. The minimum Gasteiger partial charge on any atom is -0.454 e. The van der Waals surface area contributed by atoms with E-state index in [0.29, 0.717) is 33.8 Å². The molecular weight excluding hydrogens is 446 g/mol. The molecule has 33 heavy (non-hydrogen) atoms. The van der Waals surface area contributed by atoms with E-state index >= 15 is 0 Å². The van der Waals surface area contributed by atoms with E-state index in [-0.39, 0.29) is 37.3 Å². The lowest BCUT2D eigenvalue weighted by molar-refractivity contribution is -0.128. The highest BCUT2D eigenvalue weighted by Gasteiger charge is 2.42. The number of ether oxygens (including phenoxy) is 2. The van der Waals surface area contributed by atoms with Crippen molar-refractivity contribution < 1.29 is 23.9 Å². The molecule has 0 fully saturated rings. The fraction of sp³-hybridized carbons (Fsp3) is 0.227. The third kappa shape index (κ3) is 4.14.